The number of carbonyl (C=O) groups is 1. The van der Waals surface area contributed by atoms with Crippen LogP contribution in [0.2, 0.25) is 0 Å². The van der Waals surface area contributed by atoms with Crippen molar-refractivity contribution < 1.29 is 4.79 Å². The fourth-order valence-electron chi connectivity index (χ4n) is 3.13. The SMILES string of the molecule is CCc1ccc2c(c1)CCC(NC(=O)c1ccc(C)cc1)C2. The molecule has 1 aliphatic carbocycles. The molecule has 0 bridgehead atoms. The van der Waals surface area contributed by atoms with Crippen molar-refractivity contribution in [2.75, 3.05) is 0 Å². The van der Waals surface area contributed by atoms with Crippen LogP contribution in [0, 0.1) is 6.92 Å². The summed E-state index contributed by atoms with van der Waals surface area (Å²) in [6.45, 7) is 4.22. The summed E-state index contributed by atoms with van der Waals surface area (Å²) in [5.74, 6) is 0.0404. The summed E-state index contributed by atoms with van der Waals surface area (Å²) in [6.07, 6.45) is 4.11. The van der Waals surface area contributed by atoms with Gasteiger partial charge in [0.15, 0.2) is 0 Å². The Balaban J connectivity index is 1.67. The normalized spacial score (nSPS) is 16.9. The first-order chi connectivity index (χ1) is 10.7. The molecule has 1 aliphatic rings. The number of nitrogens with one attached hydrogen (secondary N) is 1. The van der Waals surface area contributed by atoms with Gasteiger partial charge in [0, 0.05) is 11.6 Å². The molecule has 1 unspecified atom stereocenters. The lowest BCUT2D eigenvalue weighted by molar-refractivity contribution is 0.0933. The zero-order valence-corrected chi connectivity index (χ0v) is 13.4. The van der Waals surface area contributed by atoms with E-state index in [9.17, 15) is 4.79 Å². The molecule has 114 valence electrons. The maximum Gasteiger partial charge on any atom is 0.251 e. The molecule has 1 amide bonds. The Hall–Kier alpha value is -2.09. The van der Waals surface area contributed by atoms with Crippen molar-refractivity contribution in [3.63, 3.8) is 0 Å². The molecular formula is C20H23NO. The third-order valence-electron chi connectivity index (χ3n) is 4.56. The van der Waals surface area contributed by atoms with Gasteiger partial charge in [-0.1, -0.05) is 42.8 Å². The molecule has 2 aromatic rings. The molecule has 2 heteroatoms. The van der Waals surface area contributed by atoms with Crippen LogP contribution >= 0.6 is 0 Å². The molecule has 0 aromatic heterocycles. The lowest BCUT2D eigenvalue weighted by Crippen LogP contribution is -2.38. The third-order valence-corrected chi connectivity index (χ3v) is 4.56. The van der Waals surface area contributed by atoms with Crippen molar-refractivity contribution in [3.05, 3.63) is 70.3 Å². The average molecular weight is 293 g/mol. The highest BCUT2D eigenvalue weighted by Gasteiger charge is 2.20. The van der Waals surface area contributed by atoms with Crippen LogP contribution in [0.5, 0.6) is 0 Å². The summed E-state index contributed by atoms with van der Waals surface area (Å²) in [5, 5.41) is 3.19. The number of fused-ring (bicyclic) bond motifs is 1. The van der Waals surface area contributed by atoms with Gasteiger partial charge in [0.05, 0.1) is 0 Å². The van der Waals surface area contributed by atoms with Gasteiger partial charge >= 0.3 is 0 Å². The summed E-state index contributed by atoms with van der Waals surface area (Å²) in [7, 11) is 0. The van der Waals surface area contributed by atoms with Crippen LogP contribution in [0.4, 0.5) is 0 Å². The van der Waals surface area contributed by atoms with Crippen molar-refractivity contribution in [1.82, 2.24) is 5.32 Å². The van der Waals surface area contributed by atoms with E-state index in [0.29, 0.717) is 0 Å². The predicted molar refractivity (Wildman–Crippen MR) is 90.3 cm³/mol. The molecule has 0 aliphatic heterocycles. The van der Waals surface area contributed by atoms with E-state index in [1.54, 1.807) is 0 Å². The lowest BCUT2D eigenvalue weighted by Gasteiger charge is -2.26. The number of amides is 1. The van der Waals surface area contributed by atoms with Gasteiger partial charge in [-0.05, 0) is 61.4 Å². The third kappa shape index (κ3) is 3.22. The number of rotatable bonds is 3. The largest absolute Gasteiger partial charge is 0.349 e. The molecule has 0 saturated carbocycles. The van der Waals surface area contributed by atoms with Crippen molar-refractivity contribution in [2.24, 2.45) is 0 Å². The minimum Gasteiger partial charge on any atom is -0.349 e. The second-order valence-corrected chi connectivity index (χ2v) is 6.24. The quantitative estimate of drug-likeness (QED) is 0.915. The molecule has 0 saturated heterocycles. The van der Waals surface area contributed by atoms with Crippen molar-refractivity contribution in [1.29, 1.82) is 0 Å². The predicted octanol–water partition coefficient (Wildman–Crippen LogP) is 3.84. The summed E-state index contributed by atoms with van der Waals surface area (Å²) >= 11 is 0. The summed E-state index contributed by atoms with van der Waals surface area (Å²) in [6, 6.07) is 14.8. The van der Waals surface area contributed by atoms with E-state index in [2.05, 4.69) is 30.4 Å². The van der Waals surface area contributed by atoms with Gasteiger partial charge in [0.1, 0.15) is 0 Å². The van der Waals surface area contributed by atoms with Crippen LogP contribution in [-0.2, 0) is 19.3 Å². The second-order valence-electron chi connectivity index (χ2n) is 6.24. The van der Waals surface area contributed by atoms with E-state index >= 15 is 0 Å². The Morgan fingerprint density at radius 3 is 2.64 bits per heavy atom. The minimum absolute atomic E-state index is 0.0404. The molecule has 0 radical (unpaired) electrons. The van der Waals surface area contributed by atoms with E-state index in [-0.39, 0.29) is 11.9 Å². The van der Waals surface area contributed by atoms with Crippen molar-refractivity contribution >= 4 is 5.91 Å². The maximum absolute atomic E-state index is 12.3. The Morgan fingerprint density at radius 2 is 1.91 bits per heavy atom. The zero-order valence-electron chi connectivity index (χ0n) is 13.4. The van der Waals surface area contributed by atoms with E-state index in [4.69, 9.17) is 0 Å². The molecular weight excluding hydrogens is 270 g/mol. The highest BCUT2D eigenvalue weighted by atomic mass is 16.1. The fraction of sp³-hybridized carbons (Fsp3) is 0.350. The molecule has 3 rings (SSSR count). The number of aryl methyl sites for hydroxylation is 3. The van der Waals surface area contributed by atoms with Gasteiger partial charge in [-0.15, -0.1) is 0 Å². The van der Waals surface area contributed by atoms with Crippen LogP contribution in [0.15, 0.2) is 42.5 Å². The van der Waals surface area contributed by atoms with Gasteiger partial charge < -0.3 is 5.32 Å². The van der Waals surface area contributed by atoms with E-state index in [0.717, 1.165) is 31.2 Å². The summed E-state index contributed by atoms with van der Waals surface area (Å²) < 4.78 is 0. The van der Waals surface area contributed by atoms with Crippen LogP contribution in [-0.4, -0.2) is 11.9 Å². The number of benzene rings is 2. The molecule has 2 aromatic carbocycles. The van der Waals surface area contributed by atoms with E-state index in [1.165, 1.54) is 22.3 Å². The molecule has 0 spiro atoms. The first-order valence-corrected chi connectivity index (χ1v) is 8.14. The van der Waals surface area contributed by atoms with Gasteiger partial charge in [0.25, 0.3) is 5.91 Å². The summed E-state index contributed by atoms with van der Waals surface area (Å²) in [4.78, 5) is 12.3. The van der Waals surface area contributed by atoms with Crippen LogP contribution in [0.3, 0.4) is 0 Å². The van der Waals surface area contributed by atoms with Crippen molar-refractivity contribution in [2.45, 2.75) is 45.6 Å². The van der Waals surface area contributed by atoms with Crippen LogP contribution in [0.25, 0.3) is 0 Å². The first kappa shape index (κ1) is 14.8. The highest BCUT2D eigenvalue weighted by molar-refractivity contribution is 5.94. The average Bonchev–Trinajstić information content (AvgIpc) is 2.55. The van der Waals surface area contributed by atoms with Crippen LogP contribution < -0.4 is 5.32 Å². The van der Waals surface area contributed by atoms with E-state index in [1.807, 2.05) is 31.2 Å². The van der Waals surface area contributed by atoms with Gasteiger partial charge in [-0.25, -0.2) is 0 Å². The zero-order chi connectivity index (χ0) is 15.5. The Labute approximate surface area is 132 Å². The monoisotopic (exact) mass is 293 g/mol. The van der Waals surface area contributed by atoms with Crippen LogP contribution in [0.1, 0.15) is 46.0 Å². The Kier molecular flexibility index (Phi) is 4.28. The first-order valence-electron chi connectivity index (χ1n) is 8.14. The lowest BCUT2D eigenvalue weighted by atomic mass is 9.87. The van der Waals surface area contributed by atoms with Gasteiger partial charge in [0.2, 0.25) is 0 Å². The fourth-order valence-corrected chi connectivity index (χ4v) is 3.13. The smallest absolute Gasteiger partial charge is 0.251 e. The number of carbonyl (C=O) groups excluding carboxylic acids is 1. The maximum atomic E-state index is 12.3. The topological polar surface area (TPSA) is 29.1 Å². The van der Waals surface area contributed by atoms with Crippen molar-refractivity contribution in [3.8, 4) is 0 Å². The van der Waals surface area contributed by atoms with E-state index < -0.39 is 0 Å². The minimum atomic E-state index is 0.0404. The number of hydrogen-bond donors (Lipinski definition) is 1. The second kappa shape index (κ2) is 6.35. The molecule has 2 nitrogen and oxygen atoms in total. The Bertz CT molecular complexity index is 673. The molecule has 1 N–H and O–H groups in total. The van der Waals surface area contributed by atoms with Gasteiger partial charge in [-0.2, -0.15) is 0 Å². The Morgan fingerprint density at radius 1 is 1.14 bits per heavy atom. The number of hydrogen-bond acceptors (Lipinski definition) is 1. The molecule has 0 heterocycles. The highest BCUT2D eigenvalue weighted by Crippen LogP contribution is 2.23. The summed E-state index contributed by atoms with van der Waals surface area (Å²) in [5.41, 5.74) is 6.17. The standard InChI is InChI=1S/C20H23NO/c1-3-15-6-9-18-13-19(11-10-17(18)12-15)21-20(22)16-7-4-14(2)5-8-16/h4-9,12,19H,3,10-11,13H2,1-2H3,(H,21,22). The van der Waals surface area contributed by atoms with Gasteiger partial charge in [-0.3, -0.25) is 4.79 Å². The molecule has 0 fully saturated rings. The molecule has 22 heavy (non-hydrogen) atoms. The molecule has 1 atom stereocenters.